The van der Waals surface area contributed by atoms with Crippen LogP contribution in [0.5, 0.6) is 0 Å². The molecule has 0 radical (unpaired) electrons. The number of primary amides is 1. The van der Waals surface area contributed by atoms with Gasteiger partial charge in [0.25, 0.3) is 0 Å². The molecule has 11 amide bonds. The highest BCUT2D eigenvalue weighted by Gasteiger charge is 2.40. The Balaban J connectivity index is 1.25. The van der Waals surface area contributed by atoms with Gasteiger partial charge < -0.3 is 85.7 Å². The molecule has 1 aliphatic heterocycles. The van der Waals surface area contributed by atoms with Crippen molar-refractivity contribution in [3.63, 3.8) is 0 Å². The summed E-state index contributed by atoms with van der Waals surface area (Å²) in [6, 6.07) is 12.8. The highest BCUT2D eigenvalue weighted by Crippen LogP contribution is 2.22. The molecular weight excluding hydrogens is 1380 g/mol. The molecule has 10 unspecified atom stereocenters. The van der Waals surface area contributed by atoms with Gasteiger partial charge in [0.2, 0.25) is 65.0 Å². The number of aliphatic hydroxyl groups is 1. The molecule has 0 spiro atoms. The van der Waals surface area contributed by atoms with Gasteiger partial charge in [0.1, 0.15) is 60.4 Å². The number of nitrogens with zero attached hydrogens (tertiary/aromatic N) is 5. The monoisotopic (exact) mass is 1480 g/mol. The van der Waals surface area contributed by atoms with Crippen LogP contribution in [-0.2, 0) is 78.4 Å². The maximum atomic E-state index is 15.0. The largest absolute Gasteiger partial charge is 0.394 e. The van der Waals surface area contributed by atoms with E-state index in [4.69, 9.17) is 28.8 Å². The number of carbonyl (C=O) groups excluding carboxylic acids is 11. The second kappa shape index (κ2) is 43.5. The lowest BCUT2D eigenvalue weighted by molar-refractivity contribution is -0.142. The number of halogens is 1. The Labute approximate surface area is 622 Å². The van der Waals surface area contributed by atoms with Gasteiger partial charge in [-0.2, -0.15) is 0 Å². The maximum Gasteiger partial charge on any atom is 0.245 e. The first-order chi connectivity index (χ1) is 50.7. The van der Waals surface area contributed by atoms with Crippen LogP contribution >= 0.6 is 11.6 Å². The number of pyridine rings is 2. The third kappa shape index (κ3) is 28.0. The minimum atomic E-state index is -1.81. The molecule has 10 atom stereocenters. The fourth-order valence-corrected chi connectivity index (χ4v) is 12.1. The van der Waals surface area contributed by atoms with Crippen LogP contribution in [0.1, 0.15) is 115 Å². The SMILES string of the molecule is CCNC(=NCCCCC(NC(=O)C(CC(C)C)NC(=O)C(Cc1cccnc1)NC(=O)C(CCCN=C(N)N)NC(=O)C(CO)NC(=O)C(Cc1cccnc1)NC(=O)C(Cc1ccc(Cl)cc1)NC(=O)C(Cc1ccc2ccccc2c1)NC(C)=O)C(=O)N1CCCC1C(=O)NC(C)C(N)=O)NCC. The van der Waals surface area contributed by atoms with E-state index < -0.39 is 132 Å². The summed E-state index contributed by atoms with van der Waals surface area (Å²) in [5, 5.41) is 43.8. The van der Waals surface area contributed by atoms with Crippen molar-refractivity contribution in [2.24, 2.45) is 33.1 Å². The molecule has 31 nitrogen and oxygen atoms in total. The molecule has 0 bridgehead atoms. The van der Waals surface area contributed by atoms with E-state index in [2.05, 4.69) is 78.4 Å². The predicted molar refractivity (Wildman–Crippen MR) is 401 cm³/mol. The number of nitrogens with two attached hydrogens (primary N) is 3. The van der Waals surface area contributed by atoms with Crippen molar-refractivity contribution in [3.05, 3.63) is 143 Å². The number of hydrogen-bond donors (Lipinski definition) is 15. The van der Waals surface area contributed by atoms with Crippen LogP contribution in [-0.4, -0.2) is 197 Å². The lowest BCUT2D eigenvalue weighted by Crippen LogP contribution is -2.61. The van der Waals surface area contributed by atoms with Crippen LogP contribution in [0, 0.1) is 5.92 Å². The summed E-state index contributed by atoms with van der Waals surface area (Å²) in [5.74, 6) is -8.53. The van der Waals surface area contributed by atoms with Gasteiger partial charge >= 0.3 is 0 Å². The van der Waals surface area contributed by atoms with Crippen LogP contribution in [0.2, 0.25) is 5.02 Å². The fourth-order valence-electron chi connectivity index (χ4n) is 11.9. The smallest absolute Gasteiger partial charge is 0.245 e. The lowest BCUT2D eigenvalue weighted by Gasteiger charge is -2.31. The third-order valence-electron chi connectivity index (χ3n) is 17.4. The van der Waals surface area contributed by atoms with Gasteiger partial charge in [-0.05, 0) is 135 Å². The van der Waals surface area contributed by atoms with Gasteiger partial charge in [0.15, 0.2) is 11.9 Å². The summed E-state index contributed by atoms with van der Waals surface area (Å²) in [4.78, 5) is 174. The van der Waals surface area contributed by atoms with Gasteiger partial charge in [-0.1, -0.05) is 92.2 Å². The Morgan fingerprint density at radius 2 is 1.02 bits per heavy atom. The standard InChI is InChI=1S/C74H102ClN19O12/c1-7-81-74(82-8-2)84-32-12-11-21-55(72(106)94-34-16-23-62(94)71(105)85-45(5)63(76)97)88-65(99)56(35-44(3)4)89-68(102)59(39-49-17-13-30-79-41-49)90-64(98)54(22-15-33-83-73(77)78)87-70(104)61(43-95)93-69(103)60(40-50-18-14-31-80-42-50)92-67(101)58(37-47-25-28-53(75)29-26-47)91-66(100)57(86-46(6)96)38-48-24-27-51-19-9-10-20-52(51)36-48/h9-10,13-14,17-20,24-31,36,41-42,44-45,54-62,95H,7-8,11-12,15-16,21-23,32-35,37-40,43H2,1-6H3,(H2,76,97)(H,85,105)(H,86,96)(H,87,104)(H,88,99)(H,89,102)(H,90,98)(H,91,100)(H,92,101)(H,93,103)(H4,77,78,83)(H2,81,82,84). The minimum Gasteiger partial charge on any atom is -0.394 e. The van der Waals surface area contributed by atoms with E-state index in [9.17, 15) is 57.8 Å². The minimum absolute atomic E-state index is 0.0351. The number of likely N-dealkylation sites (tertiary alicyclic amines) is 1. The Kier molecular flexibility index (Phi) is 34.5. The van der Waals surface area contributed by atoms with E-state index >= 15 is 0 Å². The molecule has 3 heterocycles. The second-order valence-corrected chi connectivity index (χ2v) is 26.8. The predicted octanol–water partition coefficient (Wildman–Crippen LogP) is 0.270. The van der Waals surface area contributed by atoms with Gasteiger partial charge in [-0.25, -0.2) is 0 Å². The molecule has 5 aromatic rings. The number of carbonyl (C=O) groups is 11. The number of fused-ring (bicyclic) bond motifs is 1. The molecule has 1 saturated heterocycles. The Morgan fingerprint density at radius 1 is 0.538 bits per heavy atom. The van der Waals surface area contributed by atoms with Crippen LogP contribution in [0.3, 0.4) is 0 Å². The van der Waals surface area contributed by atoms with Crippen molar-refractivity contribution in [2.45, 2.75) is 179 Å². The summed E-state index contributed by atoms with van der Waals surface area (Å²) < 4.78 is 0. The van der Waals surface area contributed by atoms with E-state index in [1.54, 1.807) is 48.5 Å². The molecule has 6 rings (SSSR count). The second-order valence-electron chi connectivity index (χ2n) is 26.4. The van der Waals surface area contributed by atoms with Crippen molar-refractivity contribution >= 4 is 99.3 Å². The van der Waals surface area contributed by atoms with Crippen LogP contribution in [0.25, 0.3) is 10.8 Å². The zero-order valence-corrected chi connectivity index (χ0v) is 61.6. The number of aliphatic hydroxyl groups excluding tert-OH is 1. The van der Waals surface area contributed by atoms with Crippen molar-refractivity contribution < 1.29 is 57.8 Å². The van der Waals surface area contributed by atoms with Crippen LogP contribution in [0.15, 0.2) is 126 Å². The third-order valence-corrected chi connectivity index (χ3v) is 17.6. The van der Waals surface area contributed by atoms with Gasteiger partial charge in [-0.15, -0.1) is 0 Å². The van der Waals surface area contributed by atoms with Crippen molar-refractivity contribution in [1.82, 2.24) is 73.4 Å². The molecule has 2 aromatic heterocycles. The Morgan fingerprint density at radius 3 is 1.56 bits per heavy atom. The molecule has 32 heteroatoms. The molecule has 1 aliphatic rings. The van der Waals surface area contributed by atoms with Crippen molar-refractivity contribution in [2.75, 3.05) is 39.3 Å². The number of amides is 11. The number of hydrogen-bond acceptors (Lipinski definition) is 16. The van der Waals surface area contributed by atoms with E-state index in [-0.39, 0.29) is 82.8 Å². The molecule has 0 aliphatic carbocycles. The highest BCUT2D eigenvalue weighted by atomic mass is 35.5. The molecule has 106 heavy (non-hydrogen) atoms. The zero-order valence-electron chi connectivity index (χ0n) is 60.8. The quantitative estimate of drug-likeness (QED) is 0.0142. The number of guanidine groups is 2. The van der Waals surface area contributed by atoms with Gasteiger partial charge in [-0.3, -0.25) is 72.7 Å². The van der Waals surface area contributed by atoms with Gasteiger partial charge in [0, 0.05) is 95.1 Å². The molecule has 18 N–H and O–H groups in total. The van der Waals surface area contributed by atoms with Crippen molar-refractivity contribution in [1.29, 1.82) is 0 Å². The fraction of sp³-hybridized carbons (Fsp3) is 0.473. The number of unbranched alkanes of at least 4 members (excludes halogenated alkanes) is 1. The highest BCUT2D eigenvalue weighted by molar-refractivity contribution is 6.30. The van der Waals surface area contributed by atoms with E-state index in [1.807, 2.05) is 70.2 Å². The number of nitrogens with one attached hydrogen (secondary N) is 11. The van der Waals surface area contributed by atoms with Crippen molar-refractivity contribution in [3.8, 4) is 0 Å². The first kappa shape index (κ1) is 84.1. The van der Waals surface area contributed by atoms with Gasteiger partial charge in [0.05, 0.1) is 6.61 Å². The molecule has 3 aromatic carbocycles. The maximum absolute atomic E-state index is 15.0. The van der Waals surface area contributed by atoms with E-state index in [0.717, 1.165) is 10.8 Å². The lowest BCUT2D eigenvalue weighted by atomic mass is 9.99. The summed E-state index contributed by atoms with van der Waals surface area (Å²) >= 11 is 6.24. The number of aliphatic imine (C=N–C) groups is 2. The topological polar surface area (TPSA) is 472 Å². The average molecular weight is 1490 g/mol. The van der Waals surface area contributed by atoms with E-state index in [1.165, 1.54) is 43.5 Å². The summed E-state index contributed by atoms with van der Waals surface area (Å²) in [6.45, 7) is 10.9. The molecular formula is C74H102ClN19O12. The van der Waals surface area contributed by atoms with E-state index in [0.29, 0.717) is 72.1 Å². The first-order valence-corrected chi connectivity index (χ1v) is 36.1. The molecule has 0 saturated carbocycles. The summed E-state index contributed by atoms with van der Waals surface area (Å²) in [6.07, 6.45) is 7.00. The Hall–Kier alpha value is -10.8. The molecule has 572 valence electrons. The number of rotatable bonds is 41. The summed E-state index contributed by atoms with van der Waals surface area (Å²) in [5.41, 5.74) is 18.9. The molecule has 1 fully saturated rings. The Bertz CT molecular complexity index is 3820. The van der Waals surface area contributed by atoms with Crippen LogP contribution < -0.4 is 75.7 Å². The first-order valence-electron chi connectivity index (χ1n) is 35.7. The average Bonchev–Trinajstić information content (AvgIpc) is 0.984. The summed E-state index contributed by atoms with van der Waals surface area (Å²) in [7, 11) is 0. The normalized spacial score (nSPS) is 15.0. The zero-order chi connectivity index (χ0) is 77.2. The number of benzene rings is 3. The van der Waals surface area contributed by atoms with Crippen LogP contribution in [0.4, 0.5) is 0 Å². The number of aromatic nitrogens is 2.